The maximum absolute atomic E-state index is 14.2. The van der Waals surface area contributed by atoms with Crippen molar-refractivity contribution < 1.29 is 199 Å². The molecule has 0 fully saturated rings. The molecule has 0 bridgehead atoms. The van der Waals surface area contributed by atoms with Crippen molar-refractivity contribution in [3.8, 4) is 0 Å². The maximum Gasteiger partial charge on any atom is 0.460 e. The van der Waals surface area contributed by atoms with Crippen LogP contribution in [0.1, 0.15) is 6.42 Å². The molecule has 0 saturated carbocycles. The predicted octanol–water partition coefficient (Wildman–Crippen LogP) is 8.33. The van der Waals surface area contributed by atoms with Crippen LogP contribution in [0.15, 0.2) is 0 Å². The third-order valence-electron chi connectivity index (χ3n) is 8.27. The lowest BCUT2D eigenvalue weighted by Gasteiger charge is -2.47. The van der Waals surface area contributed by atoms with Crippen LogP contribution in [0.3, 0.4) is 0 Å². The van der Waals surface area contributed by atoms with E-state index in [1.165, 1.54) is 21.1 Å². The van der Waals surface area contributed by atoms with E-state index in [4.69, 9.17) is 0 Å². The standard InChI is InChI=1S/C24H16F37N2O2S.HI/c1-63(2,3)6-4-5-62-66(64,65)24(60,61)22(55,56)20(51,52)18(47,48)16(43,44)14(39,40)12(35,36)10(31,32)8(27,28)7(25,26)9(29,30)11(33,34)13(37,38)15(41,42)17(45,46)19(49,50)21(53,54)23(57,58)59;/h62H,4-6H2,1-3H3;1H/q+1;/p-1. The minimum Gasteiger partial charge on any atom is -1.00 e. The Bertz CT molecular complexity index is 1860. The molecular weight excluding hydrogens is 1210 g/mol. The van der Waals surface area contributed by atoms with Gasteiger partial charge < -0.3 is 28.5 Å². The Kier molecular flexibility index (Phi) is 17.1. The highest BCUT2D eigenvalue weighted by atomic mass is 127. The van der Waals surface area contributed by atoms with Gasteiger partial charge in [0.05, 0.1) is 27.7 Å². The van der Waals surface area contributed by atoms with E-state index in [-0.39, 0.29) is 33.2 Å². The fourth-order valence-corrected chi connectivity index (χ4v) is 5.20. The van der Waals surface area contributed by atoms with Gasteiger partial charge in [-0.1, -0.05) is 0 Å². The van der Waals surface area contributed by atoms with Crippen LogP contribution < -0.4 is 28.7 Å². The molecular formula is C24H16F37IN2O2S. The first-order chi connectivity index (χ1) is 27.7. The topological polar surface area (TPSA) is 46.2 Å². The van der Waals surface area contributed by atoms with Gasteiger partial charge in [-0.3, -0.25) is 0 Å². The number of alkyl halides is 37. The highest BCUT2D eigenvalue weighted by Crippen LogP contribution is 2.70. The number of nitrogens with zero attached hydrogens (tertiary/aromatic N) is 1. The van der Waals surface area contributed by atoms with Crippen LogP contribution in [0.2, 0.25) is 0 Å². The molecule has 0 aliphatic carbocycles. The van der Waals surface area contributed by atoms with Crippen molar-refractivity contribution in [1.82, 2.24) is 4.72 Å². The maximum atomic E-state index is 14.2. The summed E-state index contributed by atoms with van der Waals surface area (Å²) in [5, 5.41) is -8.19. The molecule has 67 heavy (non-hydrogen) atoms. The zero-order chi connectivity index (χ0) is 54.8. The van der Waals surface area contributed by atoms with Gasteiger partial charge >= 0.3 is 106 Å². The summed E-state index contributed by atoms with van der Waals surface area (Å²) in [7, 11) is -4.28. The smallest absolute Gasteiger partial charge is 0.460 e. The van der Waals surface area contributed by atoms with E-state index in [0.717, 1.165) is 0 Å². The van der Waals surface area contributed by atoms with Crippen LogP contribution in [0.4, 0.5) is 162 Å². The first-order valence-electron chi connectivity index (χ1n) is 15.0. The third kappa shape index (κ3) is 8.62. The highest BCUT2D eigenvalue weighted by Gasteiger charge is 3.03. The molecule has 406 valence electrons. The molecule has 0 aromatic heterocycles. The normalized spacial score (nSPS) is 16.9. The molecule has 0 aliphatic heterocycles. The summed E-state index contributed by atoms with van der Waals surface area (Å²) in [6, 6.07) is 0. The van der Waals surface area contributed by atoms with E-state index >= 15 is 0 Å². The van der Waals surface area contributed by atoms with Gasteiger partial charge in [-0.25, -0.2) is 13.1 Å². The van der Waals surface area contributed by atoms with Crippen molar-refractivity contribution in [2.75, 3.05) is 34.2 Å². The van der Waals surface area contributed by atoms with Crippen molar-refractivity contribution in [2.24, 2.45) is 0 Å². The fraction of sp³-hybridized carbons (Fsp3) is 1.00. The van der Waals surface area contributed by atoms with Crippen LogP contribution in [-0.4, -0.2) is 153 Å². The Hall–Kier alpha value is -1.99. The molecule has 0 radical (unpaired) electrons. The number of quaternary nitrogens is 1. The minimum absolute atomic E-state index is 0. The molecule has 0 rings (SSSR count). The van der Waals surface area contributed by atoms with Gasteiger partial charge in [0.25, 0.3) is 10.0 Å². The van der Waals surface area contributed by atoms with Crippen LogP contribution in [0, 0.1) is 0 Å². The van der Waals surface area contributed by atoms with Crippen LogP contribution >= 0.6 is 0 Å². The number of nitrogens with one attached hydrogen (secondary N) is 1. The summed E-state index contributed by atoms with van der Waals surface area (Å²) in [5.74, 6) is -160. The molecule has 0 unspecified atom stereocenters. The molecule has 0 aliphatic rings. The van der Waals surface area contributed by atoms with Gasteiger partial charge in [-0.15, -0.1) is 0 Å². The first-order valence-corrected chi connectivity index (χ1v) is 16.5. The second-order valence-electron chi connectivity index (χ2n) is 14.0. The molecule has 0 aromatic carbocycles. The largest absolute Gasteiger partial charge is 1.00 e. The monoisotopic (exact) mass is 1230 g/mol. The van der Waals surface area contributed by atoms with Crippen molar-refractivity contribution in [3.63, 3.8) is 0 Å². The molecule has 43 heteroatoms. The lowest BCUT2D eigenvalue weighted by molar-refractivity contribution is -0.870. The predicted molar refractivity (Wildman–Crippen MR) is 135 cm³/mol. The van der Waals surface area contributed by atoms with Crippen LogP contribution in [-0.2, 0) is 10.0 Å². The molecule has 0 saturated heterocycles. The van der Waals surface area contributed by atoms with E-state index < -0.39 is 136 Å². The molecule has 0 aromatic rings. The van der Waals surface area contributed by atoms with E-state index in [9.17, 15) is 171 Å². The quantitative estimate of drug-likeness (QED) is 0.0514. The molecule has 4 nitrogen and oxygen atoms in total. The Labute approximate surface area is 361 Å². The molecule has 0 heterocycles. The molecule has 0 atom stereocenters. The summed E-state index contributed by atoms with van der Waals surface area (Å²) in [4.78, 5) is 0. The number of sulfonamides is 1. The average Bonchev–Trinajstić information content (AvgIpc) is 3.07. The minimum atomic E-state index is -10.5. The summed E-state index contributed by atoms with van der Waals surface area (Å²) in [6.07, 6.45) is -9.37. The van der Waals surface area contributed by atoms with Crippen molar-refractivity contribution in [2.45, 2.75) is 113 Å². The summed E-state index contributed by atoms with van der Waals surface area (Å²) < 4.78 is 532. The zero-order valence-corrected chi connectivity index (χ0v) is 33.6. The van der Waals surface area contributed by atoms with E-state index in [0.29, 0.717) is 0 Å². The first kappa shape index (κ1) is 67.1. The second kappa shape index (κ2) is 17.1. The van der Waals surface area contributed by atoms with Gasteiger partial charge in [-0.2, -0.15) is 162 Å². The lowest BCUT2D eigenvalue weighted by Crippen LogP contribution is -3.00. The summed E-state index contributed by atoms with van der Waals surface area (Å²) in [6.45, 7) is -2.14. The van der Waals surface area contributed by atoms with Gasteiger partial charge in [-0.05, 0) is 0 Å². The van der Waals surface area contributed by atoms with Gasteiger partial charge in [0.2, 0.25) is 0 Å². The summed E-state index contributed by atoms with van der Waals surface area (Å²) >= 11 is 0. The Morgan fingerprint density at radius 1 is 0.313 bits per heavy atom. The number of rotatable bonds is 22. The van der Waals surface area contributed by atoms with Crippen molar-refractivity contribution >= 4 is 10.0 Å². The van der Waals surface area contributed by atoms with Crippen LogP contribution in [0.5, 0.6) is 0 Å². The number of halogens is 38. The van der Waals surface area contributed by atoms with Gasteiger partial charge in [0.1, 0.15) is 0 Å². The summed E-state index contributed by atoms with van der Waals surface area (Å²) in [5.41, 5.74) is 0. The van der Waals surface area contributed by atoms with Gasteiger partial charge in [0, 0.05) is 13.0 Å². The molecule has 0 spiro atoms. The van der Waals surface area contributed by atoms with E-state index in [1.807, 2.05) is 0 Å². The molecule has 1 N–H and O–H groups in total. The SMILES string of the molecule is C[N+](C)(C)CCCNS(=O)(=O)C(F)(F)C(F)(F)C(F)(F)C(F)(F)C(F)(F)C(F)(F)C(F)(F)C(F)(F)C(F)(F)C(F)(F)C(F)(F)C(F)(F)C(F)(F)C(F)(F)C(F)(F)C(F)(F)C(F)(F)C(F)(F)F.[I-]. The average molecular weight is 1230 g/mol. The fourth-order valence-electron chi connectivity index (χ4n) is 4.14. The number of hydrogen-bond acceptors (Lipinski definition) is 2. The second-order valence-corrected chi connectivity index (χ2v) is 15.8. The van der Waals surface area contributed by atoms with E-state index in [2.05, 4.69) is 0 Å². The highest BCUT2D eigenvalue weighted by molar-refractivity contribution is 7.90. The Morgan fingerprint density at radius 3 is 0.642 bits per heavy atom. The van der Waals surface area contributed by atoms with Crippen molar-refractivity contribution in [1.29, 1.82) is 0 Å². The zero-order valence-electron chi connectivity index (χ0n) is 30.7. The van der Waals surface area contributed by atoms with Crippen molar-refractivity contribution in [3.05, 3.63) is 0 Å². The van der Waals surface area contributed by atoms with E-state index in [1.54, 1.807) is 0 Å². The van der Waals surface area contributed by atoms with Gasteiger partial charge in [0.15, 0.2) is 0 Å². The lowest BCUT2D eigenvalue weighted by atomic mass is 9.82. The Balaban J connectivity index is 0. The Morgan fingerprint density at radius 2 is 0.478 bits per heavy atom. The third-order valence-corrected chi connectivity index (χ3v) is 9.79. The molecule has 0 amide bonds. The number of hydrogen-bond donors (Lipinski definition) is 1. The van der Waals surface area contributed by atoms with Crippen LogP contribution in [0.25, 0.3) is 0 Å².